The number of rotatable bonds is 2. The summed E-state index contributed by atoms with van der Waals surface area (Å²) in [4.78, 5) is 19.9. The monoisotopic (exact) mass is 287 g/mol. The van der Waals surface area contributed by atoms with E-state index in [9.17, 15) is 4.79 Å². The highest BCUT2D eigenvalue weighted by Crippen LogP contribution is 2.22. The van der Waals surface area contributed by atoms with Gasteiger partial charge in [-0.1, -0.05) is 18.7 Å². The zero-order chi connectivity index (χ0) is 14.8. The predicted molar refractivity (Wildman–Crippen MR) is 79.1 cm³/mol. The van der Waals surface area contributed by atoms with Crippen LogP contribution in [0, 0.1) is 0 Å². The lowest BCUT2D eigenvalue weighted by molar-refractivity contribution is 0.126. The second-order valence-electron chi connectivity index (χ2n) is 5.01. The Labute approximate surface area is 122 Å². The van der Waals surface area contributed by atoms with Crippen molar-refractivity contribution in [3.05, 3.63) is 36.6 Å². The number of carbonyl (C=O) groups is 1. The lowest BCUT2D eigenvalue weighted by atomic mass is 10.3. The molecule has 0 saturated carbocycles. The average Bonchev–Trinajstić information content (AvgIpc) is 2.90. The molecule has 21 heavy (non-hydrogen) atoms. The summed E-state index contributed by atoms with van der Waals surface area (Å²) in [6.45, 7) is 7.71. The van der Waals surface area contributed by atoms with E-state index in [4.69, 9.17) is 9.15 Å². The zero-order valence-electron chi connectivity index (χ0n) is 11.9. The molecule has 110 valence electrons. The Hall–Kier alpha value is -2.50. The van der Waals surface area contributed by atoms with Gasteiger partial charge in [0.25, 0.3) is 6.01 Å². The molecular weight excluding hydrogens is 270 g/mol. The van der Waals surface area contributed by atoms with Crippen LogP contribution in [0.4, 0.5) is 10.8 Å². The molecule has 1 amide bonds. The quantitative estimate of drug-likeness (QED) is 0.795. The lowest BCUT2D eigenvalue weighted by Crippen LogP contribution is -2.49. The molecule has 0 aliphatic carbocycles. The van der Waals surface area contributed by atoms with Gasteiger partial charge in [-0.05, 0) is 19.1 Å². The maximum atomic E-state index is 11.8. The Bertz CT molecular complexity index is 639. The molecule has 1 aliphatic heterocycles. The van der Waals surface area contributed by atoms with E-state index in [1.165, 1.54) is 0 Å². The normalized spacial score (nSPS) is 15.3. The molecule has 2 heterocycles. The summed E-state index contributed by atoms with van der Waals surface area (Å²) in [6, 6.07) is 8.27. The molecule has 2 aromatic rings. The zero-order valence-corrected chi connectivity index (χ0v) is 11.9. The van der Waals surface area contributed by atoms with Crippen molar-refractivity contribution in [1.29, 1.82) is 0 Å². The highest BCUT2D eigenvalue weighted by atomic mass is 16.6. The first-order valence-corrected chi connectivity index (χ1v) is 6.86. The van der Waals surface area contributed by atoms with Gasteiger partial charge in [0.2, 0.25) is 0 Å². The van der Waals surface area contributed by atoms with Gasteiger partial charge in [-0.15, -0.1) is 0 Å². The van der Waals surface area contributed by atoms with Gasteiger partial charge in [-0.3, -0.25) is 0 Å². The molecule has 1 fully saturated rings. The van der Waals surface area contributed by atoms with Crippen LogP contribution in [-0.2, 0) is 4.74 Å². The van der Waals surface area contributed by atoms with Crippen LogP contribution in [0.2, 0.25) is 0 Å². The molecule has 1 aromatic heterocycles. The molecule has 1 aromatic carbocycles. The van der Waals surface area contributed by atoms with E-state index < -0.39 is 0 Å². The number of aromatic nitrogens is 1. The number of allylic oxidation sites excluding steroid dienone is 1. The summed E-state index contributed by atoms with van der Waals surface area (Å²) >= 11 is 0. The number of hydrogen-bond donors (Lipinski definition) is 0. The molecule has 0 spiro atoms. The fraction of sp³-hybridized carbons (Fsp3) is 0.333. The van der Waals surface area contributed by atoms with Gasteiger partial charge < -0.3 is 19.0 Å². The summed E-state index contributed by atoms with van der Waals surface area (Å²) in [5, 5.41) is 0. The number of para-hydroxylation sites is 2. The van der Waals surface area contributed by atoms with Crippen molar-refractivity contribution in [1.82, 2.24) is 9.88 Å². The Morgan fingerprint density at radius 3 is 2.67 bits per heavy atom. The van der Waals surface area contributed by atoms with Crippen molar-refractivity contribution in [2.45, 2.75) is 6.92 Å². The smallest absolute Gasteiger partial charge is 0.414 e. The third-order valence-corrected chi connectivity index (χ3v) is 3.35. The van der Waals surface area contributed by atoms with Gasteiger partial charge in [0.15, 0.2) is 5.58 Å². The van der Waals surface area contributed by atoms with Crippen LogP contribution >= 0.6 is 0 Å². The number of benzene rings is 1. The largest absolute Gasteiger partial charge is 0.423 e. The number of piperazine rings is 1. The Balaban J connectivity index is 1.65. The number of anilines is 1. The Morgan fingerprint density at radius 2 is 2.00 bits per heavy atom. The third-order valence-electron chi connectivity index (χ3n) is 3.35. The van der Waals surface area contributed by atoms with Gasteiger partial charge in [0, 0.05) is 26.2 Å². The Morgan fingerprint density at radius 1 is 1.29 bits per heavy atom. The van der Waals surface area contributed by atoms with Crippen molar-refractivity contribution in [3.63, 3.8) is 0 Å². The second-order valence-corrected chi connectivity index (χ2v) is 5.01. The molecule has 6 heteroatoms. The number of oxazole rings is 1. The maximum Gasteiger partial charge on any atom is 0.414 e. The SMILES string of the molecule is C=C(C)OC(=O)N1CCN(c2nc3ccccc3o2)CC1. The van der Waals surface area contributed by atoms with E-state index in [0.717, 1.165) is 11.1 Å². The first kappa shape index (κ1) is 13.5. The first-order chi connectivity index (χ1) is 10.1. The standard InChI is InChI=1S/C15H17N3O3/c1-11(2)20-15(19)18-9-7-17(8-10-18)14-16-12-5-3-4-6-13(12)21-14/h3-6H,1,7-10H2,2H3. The van der Waals surface area contributed by atoms with E-state index in [0.29, 0.717) is 38.0 Å². The number of hydrogen-bond acceptors (Lipinski definition) is 5. The van der Waals surface area contributed by atoms with Crippen LogP contribution in [0.1, 0.15) is 6.92 Å². The molecule has 1 aliphatic rings. The third kappa shape index (κ3) is 2.84. The summed E-state index contributed by atoms with van der Waals surface area (Å²) in [5.74, 6) is 0.404. The number of amides is 1. The minimum Gasteiger partial charge on any atom is -0.423 e. The molecule has 1 saturated heterocycles. The molecular formula is C15H17N3O3. The number of carbonyl (C=O) groups excluding carboxylic acids is 1. The summed E-state index contributed by atoms with van der Waals surface area (Å²) in [7, 11) is 0. The van der Waals surface area contributed by atoms with Crippen molar-refractivity contribution < 1.29 is 13.9 Å². The molecule has 0 atom stereocenters. The van der Waals surface area contributed by atoms with E-state index in [-0.39, 0.29) is 6.09 Å². The summed E-state index contributed by atoms with van der Waals surface area (Å²) in [5.41, 5.74) is 1.62. The van der Waals surface area contributed by atoms with Crippen LogP contribution in [0.3, 0.4) is 0 Å². The lowest BCUT2D eigenvalue weighted by Gasteiger charge is -2.33. The number of nitrogens with zero attached hydrogens (tertiary/aromatic N) is 3. The van der Waals surface area contributed by atoms with Crippen LogP contribution in [0.15, 0.2) is 41.0 Å². The second kappa shape index (κ2) is 5.47. The van der Waals surface area contributed by atoms with Gasteiger partial charge in [0.05, 0.1) is 5.76 Å². The van der Waals surface area contributed by atoms with Crippen molar-refractivity contribution in [3.8, 4) is 0 Å². The maximum absolute atomic E-state index is 11.8. The fourth-order valence-electron chi connectivity index (χ4n) is 2.29. The minimum absolute atomic E-state index is 0.347. The van der Waals surface area contributed by atoms with Crippen LogP contribution in [0.5, 0.6) is 0 Å². The van der Waals surface area contributed by atoms with Crippen molar-refractivity contribution in [2.75, 3.05) is 31.1 Å². The van der Waals surface area contributed by atoms with E-state index in [2.05, 4.69) is 11.6 Å². The summed E-state index contributed by atoms with van der Waals surface area (Å²) in [6.07, 6.45) is -0.347. The summed E-state index contributed by atoms with van der Waals surface area (Å²) < 4.78 is 10.7. The molecule has 0 bridgehead atoms. The predicted octanol–water partition coefficient (Wildman–Crippen LogP) is 2.62. The molecule has 3 rings (SSSR count). The molecule has 6 nitrogen and oxygen atoms in total. The molecule has 0 radical (unpaired) electrons. The van der Waals surface area contributed by atoms with Gasteiger partial charge >= 0.3 is 6.09 Å². The molecule has 0 unspecified atom stereocenters. The highest BCUT2D eigenvalue weighted by Gasteiger charge is 2.24. The van der Waals surface area contributed by atoms with E-state index in [1.807, 2.05) is 29.2 Å². The molecule has 0 N–H and O–H groups in total. The first-order valence-electron chi connectivity index (χ1n) is 6.86. The Kier molecular flexibility index (Phi) is 3.51. The van der Waals surface area contributed by atoms with Gasteiger partial charge in [0.1, 0.15) is 5.52 Å². The van der Waals surface area contributed by atoms with E-state index >= 15 is 0 Å². The van der Waals surface area contributed by atoms with Gasteiger partial charge in [-0.25, -0.2) is 4.79 Å². The number of fused-ring (bicyclic) bond motifs is 1. The topological polar surface area (TPSA) is 58.8 Å². The van der Waals surface area contributed by atoms with E-state index in [1.54, 1.807) is 11.8 Å². The van der Waals surface area contributed by atoms with Gasteiger partial charge in [-0.2, -0.15) is 4.98 Å². The van der Waals surface area contributed by atoms with Crippen molar-refractivity contribution in [2.24, 2.45) is 0 Å². The minimum atomic E-state index is -0.347. The van der Waals surface area contributed by atoms with Crippen LogP contribution in [-0.4, -0.2) is 42.2 Å². The van der Waals surface area contributed by atoms with Crippen molar-refractivity contribution >= 4 is 23.2 Å². The fourth-order valence-corrected chi connectivity index (χ4v) is 2.29. The highest BCUT2D eigenvalue weighted by molar-refractivity contribution is 5.74. The average molecular weight is 287 g/mol. The number of ether oxygens (including phenoxy) is 1. The van der Waals surface area contributed by atoms with Crippen LogP contribution < -0.4 is 4.90 Å². The van der Waals surface area contributed by atoms with Crippen LogP contribution in [0.25, 0.3) is 11.1 Å².